The molecule has 4 nitrogen and oxygen atoms in total. The molecule has 0 atom stereocenters. The minimum atomic E-state index is -4.65. The molecule has 1 N–H and O–H groups in total. The summed E-state index contributed by atoms with van der Waals surface area (Å²) < 4.78 is 71.9. The maximum absolute atomic E-state index is 13.7. The van der Waals surface area contributed by atoms with Crippen molar-refractivity contribution >= 4 is 11.6 Å². The van der Waals surface area contributed by atoms with Crippen molar-refractivity contribution in [3.63, 3.8) is 0 Å². The molecule has 150 valence electrons. The first-order chi connectivity index (χ1) is 13.6. The molecule has 0 fully saturated rings. The second-order valence-corrected chi connectivity index (χ2v) is 6.00. The van der Waals surface area contributed by atoms with Gasteiger partial charge in [-0.2, -0.15) is 13.2 Å². The number of pyridine rings is 1. The number of benzene rings is 2. The molecule has 0 saturated heterocycles. The number of carbonyl (C=O) groups excluding carboxylic acids is 1. The Hall–Kier alpha value is -3.49. The molecule has 0 radical (unpaired) electrons. The smallest absolute Gasteiger partial charge is 0.421 e. The summed E-state index contributed by atoms with van der Waals surface area (Å²) >= 11 is 0. The Balaban J connectivity index is 1.78. The first-order valence-corrected chi connectivity index (χ1v) is 8.22. The van der Waals surface area contributed by atoms with Crippen molar-refractivity contribution in [1.29, 1.82) is 0 Å². The van der Waals surface area contributed by atoms with Crippen molar-refractivity contribution in [2.45, 2.75) is 13.1 Å². The van der Waals surface area contributed by atoms with Crippen LogP contribution in [0.5, 0.6) is 11.5 Å². The number of ether oxygens (including phenoxy) is 1. The first-order valence-electron chi connectivity index (χ1n) is 8.22. The predicted octanol–water partition coefficient (Wildman–Crippen LogP) is 5.73. The summed E-state index contributed by atoms with van der Waals surface area (Å²) in [5.74, 6) is -3.39. The van der Waals surface area contributed by atoms with E-state index in [0.717, 1.165) is 24.3 Å². The molecule has 1 heterocycles. The lowest BCUT2D eigenvalue weighted by molar-refractivity contribution is -0.138. The molecule has 0 unspecified atom stereocenters. The second kappa shape index (κ2) is 7.86. The summed E-state index contributed by atoms with van der Waals surface area (Å²) in [5, 5.41) is 2.31. The quantitative estimate of drug-likeness (QED) is 0.561. The molecule has 3 rings (SSSR count). The van der Waals surface area contributed by atoms with E-state index in [1.807, 2.05) is 0 Å². The Morgan fingerprint density at radius 1 is 1.03 bits per heavy atom. The third kappa shape index (κ3) is 4.68. The van der Waals surface area contributed by atoms with Gasteiger partial charge in [0.05, 0.1) is 0 Å². The number of halogens is 5. The molecular weight excluding hydrogens is 395 g/mol. The molecular formula is C20H13F5N2O2. The molecule has 2 aromatic carbocycles. The summed E-state index contributed by atoms with van der Waals surface area (Å²) in [5.41, 5.74) is -1.26. The van der Waals surface area contributed by atoms with Crippen molar-refractivity contribution in [2.75, 3.05) is 5.32 Å². The number of nitrogens with zero attached hydrogens (tertiary/aromatic N) is 1. The van der Waals surface area contributed by atoms with Crippen LogP contribution in [0, 0.1) is 18.6 Å². The summed E-state index contributed by atoms with van der Waals surface area (Å²) in [6.45, 7) is 1.52. The van der Waals surface area contributed by atoms with Gasteiger partial charge in [0, 0.05) is 23.6 Å². The molecule has 9 heteroatoms. The Morgan fingerprint density at radius 2 is 1.66 bits per heavy atom. The Morgan fingerprint density at radius 3 is 2.24 bits per heavy atom. The molecule has 0 bridgehead atoms. The van der Waals surface area contributed by atoms with Gasteiger partial charge in [-0.15, -0.1) is 0 Å². The maximum atomic E-state index is 13.7. The number of anilines is 1. The van der Waals surface area contributed by atoms with Crippen molar-refractivity contribution in [2.24, 2.45) is 0 Å². The normalized spacial score (nSPS) is 11.2. The highest BCUT2D eigenvalue weighted by atomic mass is 19.4. The number of hydrogen-bond acceptors (Lipinski definition) is 3. The van der Waals surface area contributed by atoms with Gasteiger partial charge in [-0.3, -0.25) is 9.78 Å². The minimum Gasteiger partial charge on any atom is -0.457 e. The SMILES string of the molecule is Cc1cc(Oc2ccc(NC(=O)c3c(F)cccc3F)cc2)c(C(F)(F)F)cn1. The Kier molecular flexibility index (Phi) is 5.49. The summed E-state index contributed by atoms with van der Waals surface area (Å²) in [6.07, 6.45) is -3.96. The molecule has 0 aliphatic carbocycles. The van der Waals surface area contributed by atoms with E-state index in [1.54, 1.807) is 0 Å². The fourth-order valence-electron chi connectivity index (χ4n) is 2.47. The van der Waals surface area contributed by atoms with Gasteiger partial charge in [0.1, 0.15) is 34.3 Å². The molecule has 0 aliphatic rings. The molecule has 0 spiro atoms. The van der Waals surface area contributed by atoms with Crippen LogP contribution in [0.4, 0.5) is 27.6 Å². The van der Waals surface area contributed by atoms with Crippen LogP contribution in [-0.2, 0) is 6.18 Å². The lowest BCUT2D eigenvalue weighted by Gasteiger charge is -2.14. The molecule has 1 aromatic heterocycles. The number of aromatic nitrogens is 1. The van der Waals surface area contributed by atoms with Gasteiger partial charge in [0.2, 0.25) is 0 Å². The number of amides is 1. The zero-order valence-corrected chi connectivity index (χ0v) is 14.8. The number of nitrogens with one attached hydrogen (secondary N) is 1. The van der Waals surface area contributed by atoms with Crippen LogP contribution in [0.3, 0.4) is 0 Å². The van der Waals surface area contributed by atoms with Crippen molar-refractivity contribution in [1.82, 2.24) is 4.98 Å². The highest BCUT2D eigenvalue weighted by Crippen LogP contribution is 2.38. The third-order valence-corrected chi connectivity index (χ3v) is 3.84. The van der Waals surface area contributed by atoms with Crippen LogP contribution in [0.1, 0.15) is 21.6 Å². The monoisotopic (exact) mass is 408 g/mol. The van der Waals surface area contributed by atoms with Gasteiger partial charge in [0.25, 0.3) is 5.91 Å². The highest BCUT2D eigenvalue weighted by molar-refractivity contribution is 6.04. The summed E-state index contributed by atoms with van der Waals surface area (Å²) in [6, 6.07) is 9.45. The van der Waals surface area contributed by atoms with Crippen molar-refractivity contribution < 1.29 is 31.5 Å². The van der Waals surface area contributed by atoms with E-state index >= 15 is 0 Å². The van der Waals surface area contributed by atoms with Gasteiger partial charge < -0.3 is 10.1 Å². The van der Waals surface area contributed by atoms with E-state index in [9.17, 15) is 26.7 Å². The van der Waals surface area contributed by atoms with E-state index < -0.39 is 40.6 Å². The van der Waals surface area contributed by atoms with Crippen LogP contribution < -0.4 is 10.1 Å². The lowest BCUT2D eigenvalue weighted by Crippen LogP contribution is -2.15. The van der Waals surface area contributed by atoms with Crippen LogP contribution >= 0.6 is 0 Å². The molecule has 3 aromatic rings. The van der Waals surface area contributed by atoms with Crippen LogP contribution in [0.25, 0.3) is 0 Å². The number of alkyl halides is 3. The fourth-order valence-corrected chi connectivity index (χ4v) is 2.47. The highest BCUT2D eigenvalue weighted by Gasteiger charge is 2.35. The molecule has 0 aliphatic heterocycles. The Bertz CT molecular complexity index is 1030. The molecule has 0 saturated carbocycles. The van der Waals surface area contributed by atoms with Gasteiger partial charge in [-0.05, 0) is 43.3 Å². The third-order valence-electron chi connectivity index (χ3n) is 3.84. The standard InChI is InChI=1S/C20H13F5N2O2/c1-11-9-17(14(10-26-11)20(23,24)25)29-13-7-5-12(6-8-13)27-19(28)18-15(21)3-2-4-16(18)22/h2-10H,1H3,(H,27,28). The second-order valence-electron chi connectivity index (χ2n) is 6.00. The number of carbonyl (C=O) groups is 1. The van der Waals surface area contributed by atoms with Gasteiger partial charge in [-0.1, -0.05) is 6.07 Å². The zero-order chi connectivity index (χ0) is 21.2. The van der Waals surface area contributed by atoms with Crippen LogP contribution in [-0.4, -0.2) is 10.9 Å². The first kappa shape index (κ1) is 20.2. The average Bonchev–Trinajstić information content (AvgIpc) is 2.62. The van der Waals surface area contributed by atoms with E-state index in [4.69, 9.17) is 4.74 Å². The number of rotatable bonds is 4. The van der Waals surface area contributed by atoms with Gasteiger partial charge in [-0.25, -0.2) is 8.78 Å². The largest absolute Gasteiger partial charge is 0.457 e. The zero-order valence-electron chi connectivity index (χ0n) is 14.8. The van der Waals surface area contributed by atoms with Gasteiger partial charge in [0.15, 0.2) is 0 Å². The summed E-state index contributed by atoms with van der Waals surface area (Å²) in [4.78, 5) is 15.7. The Labute approximate surface area is 162 Å². The summed E-state index contributed by atoms with van der Waals surface area (Å²) in [7, 11) is 0. The van der Waals surface area contributed by atoms with Gasteiger partial charge >= 0.3 is 6.18 Å². The maximum Gasteiger partial charge on any atom is 0.421 e. The predicted molar refractivity (Wildman–Crippen MR) is 94.8 cm³/mol. The van der Waals surface area contributed by atoms with Crippen molar-refractivity contribution in [3.05, 3.63) is 83.2 Å². The van der Waals surface area contributed by atoms with Crippen LogP contribution in [0.15, 0.2) is 54.7 Å². The van der Waals surface area contributed by atoms with E-state index in [2.05, 4.69) is 10.3 Å². The molecule has 1 amide bonds. The fraction of sp³-hybridized carbons (Fsp3) is 0.100. The van der Waals surface area contributed by atoms with Crippen LogP contribution in [0.2, 0.25) is 0 Å². The van der Waals surface area contributed by atoms with E-state index in [1.165, 1.54) is 31.2 Å². The number of aryl methyl sites for hydroxylation is 1. The molecule has 29 heavy (non-hydrogen) atoms. The number of hydrogen-bond donors (Lipinski definition) is 1. The lowest BCUT2D eigenvalue weighted by atomic mass is 10.1. The van der Waals surface area contributed by atoms with Crippen molar-refractivity contribution in [3.8, 4) is 11.5 Å². The van der Waals surface area contributed by atoms with E-state index in [0.29, 0.717) is 11.9 Å². The average molecular weight is 408 g/mol. The topological polar surface area (TPSA) is 51.2 Å². The van der Waals surface area contributed by atoms with E-state index in [-0.39, 0.29) is 11.4 Å². The minimum absolute atomic E-state index is 0.0659.